The van der Waals surface area contributed by atoms with Crippen LogP contribution in [0.3, 0.4) is 0 Å². The molecule has 0 fully saturated rings. The molecule has 0 aliphatic heterocycles. The maximum atomic E-state index is 12.7. The van der Waals surface area contributed by atoms with E-state index in [-0.39, 0.29) is 18.2 Å². The molecule has 1 rings (SSSR count). The van der Waals surface area contributed by atoms with Gasteiger partial charge in [-0.05, 0) is 39.0 Å². The molecule has 0 heterocycles. The number of hydrogen-bond acceptors (Lipinski definition) is 2. The Morgan fingerprint density at radius 2 is 1.10 bits per heavy atom. The van der Waals surface area contributed by atoms with E-state index in [2.05, 4.69) is 0 Å². The van der Waals surface area contributed by atoms with Crippen LogP contribution >= 0.6 is 0 Å². The van der Waals surface area contributed by atoms with Gasteiger partial charge in [0.1, 0.15) is 0 Å². The summed E-state index contributed by atoms with van der Waals surface area (Å²) in [6, 6.07) is 0.327. The van der Waals surface area contributed by atoms with Crippen molar-refractivity contribution in [3.63, 3.8) is 0 Å². The summed E-state index contributed by atoms with van der Waals surface area (Å²) in [5.41, 5.74) is -3.31. The average molecular weight is 334 g/mol. The van der Waals surface area contributed by atoms with Crippen LogP contribution in [0.1, 0.15) is 31.9 Å². The molecule has 0 unspecified atom stereocenters. The van der Waals surface area contributed by atoms with Crippen molar-refractivity contribution in [2.45, 2.75) is 42.8 Å². The Kier molecular flexibility index (Phi) is 4.15. The standard InChI is InChI=1S/C12H12F6O2S/c1-10(2,3)21(19,20)9-5-7(11(13,14)15)4-8(6-9)12(16,17)18/h4-6H,1-3H3. The van der Waals surface area contributed by atoms with Gasteiger partial charge in [-0.3, -0.25) is 0 Å². The molecule has 0 aromatic heterocycles. The minimum absolute atomic E-state index is 0.109. The van der Waals surface area contributed by atoms with Crippen molar-refractivity contribution in [2.24, 2.45) is 0 Å². The summed E-state index contributed by atoms with van der Waals surface area (Å²) in [6.07, 6.45) is -10.2. The monoisotopic (exact) mass is 334 g/mol. The second-order valence-corrected chi connectivity index (χ2v) is 8.06. The molecule has 0 spiro atoms. The first kappa shape index (κ1) is 17.8. The van der Waals surface area contributed by atoms with Gasteiger partial charge in [0, 0.05) is 0 Å². The Labute approximate surface area is 117 Å². The van der Waals surface area contributed by atoms with Gasteiger partial charge in [0.25, 0.3) is 0 Å². The lowest BCUT2D eigenvalue weighted by Gasteiger charge is -2.21. The number of sulfone groups is 1. The van der Waals surface area contributed by atoms with E-state index in [4.69, 9.17) is 0 Å². The van der Waals surface area contributed by atoms with E-state index in [1.165, 1.54) is 20.8 Å². The van der Waals surface area contributed by atoms with Crippen LogP contribution in [0.25, 0.3) is 0 Å². The van der Waals surface area contributed by atoms with Crippen molar-refractivity contribution in [2.75, 3.05) is 0 Å². The number of alkyl halides is 6. The molecule has 0 atom stereocenters. The maximum absolute atomic E-state index is 12.7. The Morgan fingerprint density at radius 1 is 0.762 bits per heavy atom. The first-order valence-corrected chi connectivity index (χ1v) is 7.09. The van der Waals surface area contributed by atoms with Crippen LogP contribution in [0.15, 0.2) is 23.1 Å². The topological polar surface area (TPSA) is 34.1 Å². The largest absolute Gasteiger partial charge is 0.416 e. The lowest BCUT2D eigenvalue weighted by molar-refractivity contribution is -0.143. The van der Waals surface area contributed by atoms with Gasteiger partial charge in [-0.1, -0.05) is 0 Å². The normalized spacial score (nSPS) is 14.3. The molecule has 0 bridgehead atoms. The van der Waals surface area contributed by atoms with Crippen molar-refractivity contribution >= 4 is 9.84 Å². The summed E-state index contributed by atoms with van der Waals surface area (Å²) < 4.78 is 98.6. The zero-order chi connectivity index (χ0) is 16.9. The predicted octanol–water partition coefficient (Wildman–Crippen LogP) is 4.30. The molecule has 1 aromatic carbocycles. The molecule has 9 heteroatoms. The quantitative estimate of drug-likeness (QED) is 0.718. The summed E-state index contributed by atoms with van der Waals surface area (Å²) in [5.74, 6) is 0. The third kappa shape index (κ3) is 3.69. The van der Waals surface area contributed by atoms with E-state index in [1.54, 1.807) is 0 Å². The molecule has 0 aliphatic carbocycles. The highest BCUT2D eigenvalue weighted by molar-refractivity contribution is 7.92. The van der Waals surface area contributed by atoms with Crippen molar-refractivity contribution in [1.29, 1.82) is 0 Å². The van der Waals surface area contributed by atoms with E-state index in [9.17, 15) is 34.8 Å². The van der Waals surface area contributed by atoms with Gasteiger partial charge in [0.2, 0.25) is 0 Å². The molecule has 0 N–H and O–H groups in total. The Hall–Kier alpha value is -1.25. The molecule has 0 aliphatic rings. The Morgan fingerprint density at radius 3 is 1.33 bits per heavy atom. The zero-order valence-electron chi connectivity index (χ0n) is 11.2. The molecule has 0 saturated heterocycles. The average Bonchev–Trinajstić information content (AvgIpc) is 2.24. The Bertz CT molecular complexity index is 603. The number of halogens is 6. The van der Waals surface area contributed by atoms with E-state index >= 15 is 0 Å². The van der Waals surface area contributed by atoms with Gasteiger partial charge in [-0.2, -0.15) is 26.3 Å². The smallest absolute Gasteiger partial charge is 0.223 e. The number of rotatable bonds is 1. The van der Waals surface area contributed by atoms with Gasteiger partial charge in [-0.25, -0.2) is 8.42 Å². The van der Waals surface area contributed by atoms with E-state index < -0.39 is 43.0 Å². The Balaban J connectivity index is 3.70. The van der Waals surface area contributed by atoms with Gasteiger partial charge in [0.15, 0.2) is 9.84 Å². The lowest BCUT2D eigenvalue weighted by atomic mass is 10.1. The highest BCUT2D eigenvalue weighted by Crippen LogP contribution is 2.38. The number of benzene rings is 1. The van der Waals surface area contributed by atoms with Crippen LogP contribution in [0, 0.1) is 0 Å². The first-order chi connectivity index (χ1) is 9.07. The molecule has 0 radical (unpaired) electrons. The first-order valence-electron chi connectivity index (χ1n) is 5.61. The van der Waals surface area contributed by atoms with Crippen LogP contribution in [0.2, 0.25) is 0 Å². The van der Waals surface area contributed by atoms with Crippen LogP contribution in [-0.2, 0) is 22.2 Å². The van der Waals surface area contributed by atoms with E-state index in [0.29, 0.717) is 0 Å². The summed E-state index contributed by atoms with van der Waals surface area (Å²) >= 11 is 0. The molecule has 120 valence electrons. The van der Waals surface area contributed by atoms with Crippen molar-refractivity contribution in [1.82, 2.24) is 0 Å². The third-order valence-corrected chi connectivity index (χ3v) is 5.15. The van der Waals surface area contributed by atoms with Crippen molar-refractivity contribution < 1.29 is 34.8 Å². The number of hydrogen-bond donors (Lipinski definition) is 0. The summed E-state index contributed by atoms with van der Waals surface area (Å²) in [5, 5.41) is 0. The molecule has 2 nitrogen and oxygen atoms in total. The fraction of sp³-hybridized carbons (Fsp3) is 0.500. The van der Waals surface area contributed by atoms with E-state index in [0.717, 1.165) is 0 Å². The third-order valence-electron chi connectivity index (χ3n) is 2.68. The second-order valence-electron chi connectivity index (χ2n) is 5.36. The summed E-state index contributed by atoms with van der Waals surface area (Å²) in [6.45, 7) is 3.57. The summed E-state index contributed by atoms with van der Waals surface area (Å²) in [4.78, 5) is -1.00. The van der Waals surface area contributed by atoms with Gasteiger partial charge < -0.3 is 0 Å². The fourth-order valence-electron chi connectivity index (χ4n) is 1.44. The molecular formula is C12H12F6O2S. The maximum Gasteiger partial charge on any atom is 0.416 e. The van der Waals surface area contributed by atoms with E-state index in [1.807, 2.05) is 0 Å². The molecule has 21 heavy (non-hydrogen) atoms. The lowest BCUT2D eigenvalue weighted by Crippen LogP contribution is -2.28. The highest BCUT2D eigenvalue weighted by Gasteiger charge is 2.40. The zero-order valence-corrected chi connectivity index (χ0v) is 12.0. The van der Waals surface area contributed by atoms with Crippen molar-refractivity contribution in [3.05, 3.63) is 29.3 Å². The predicted molar refractivity (Wildman–Crippen MR) is 63.4 cm³/mol. The minimum Gasteiger partial charge on any atom is -0.223 e. The fourth-order valence-corrected chi connectivity index (χ4v) is 2.71. The molecule has 1 aromatic rings. The van der Waals surface area contributed by atoms with Crippen LogP contribution in [-0.4, -0.2) is 13.2 Å². The van der Waals surface area contributed by atoms with Crippen molar-refractivity contribution in [3.8, 4) is 0 Å². The van der Waals surface area contributed by atoms with Crippen LogP contribution in [0.5, 0.6) is 0 Å². The van der Waals surface area contributed by atoms with Crippen LogP contribution in [0.4, 0.5) is 26.3 Å². The SMILES string of the molecule is CC(C)(C)S(=O)(=O)c1cc(C(F)(F)F)cc(C(F)(F)F)c1. The molecule has 0 amide bonds. The second kappa shape index (κ2) is 4.89. The van der Waals surface area contributed by atoms with Gasteiger partial charge >= 0.3 is 12.4 Å². The molecular weight excluding hydrogens is 322 g/mol. The van der Waals surface area contributed by atoms with Gasteiger partial charge in [0.05, 0.1) is 20.8 Å². The van der Waals surface area contributed by atoms with Crippen LogP contribution < -0.4 is 0 Å². The highest BCUT2D eigenvalue weighted by atomic mass is 32.2. The molecule has 0 saturated carbocycles. The van der Waals surface area contributed by atoms with Gasteiger partial charge in [-0.15, -0.1) is 0 Å². The summed E-state index contributed by atoms with van der Waals surface area (Å²) in [7, 11) is -4.34. The minimum atomic E-state index is -5.08.